The van der Waals surface area contributed by atoms with Gasteiger partial charge in [0.05, 0.1) is 5.52 Å². The molecule has 3 nitrogen and oxygen atoms in total. The first-order valence-electron chi connectivity index (χ1n) is 8.09. The second kappa shape index (κ2) is 4.79. The summed E-state index contributed by atoms with van der Waals surface area (Å²) in [4.78, 5) is 4.63. The highest BCUT2D eigenvalue weighted by atomic mass is 15.3. The standard InChI is InChI=1S/C20H21N3/c1-13-21-19-16-8-6-5-7-15(16)17-11-14(12-20(2,3)4)9-10-18(17)23(19)22-13/h5-11H,12H2,1-4H3. The van der Waals surface area contributed by atoms with E-state index in [1.165, 1.54) is 16.3 Å². The van der Waals surface area contributed by atoms with Crippen LogP contribution in [0, 0.1) is 12.3 Å². The van der Waals surface area contributed by atoms with Crippen LogP contribution in [-0.2, 0) is 6.42 Å². The minimum Gasteiger partial charge on any atom is -0.212 e. The van der Waals surface area contributed by atoms with Crippen LogP contribution < -0.4 is 0 Å². The van der Waals surface area contributed by atoms with Gasteiger partial charge >= 0.3 is 0 Å². The zero-order valence-corrected chi connectivity index (χ0v) is 14.1. The van der Waals surface area contributed by atoms with Crippen molar-refractivity contribution in [2.45, 2.75) is 34.1 Å². The van der Waals surface area contributed by atoms with E-state index < -0.39 is 0 Å². The first-order valence-corrected chi connectivity index (χ1v) is 8.09. The molecule has 0 spiro atoms. The van der Waals surface area contributed by atoms with Gasteiger partial charge in [-0.3, -0.25) is 0 Å². The molecule has 0 unspecified atom stereocenters. The minimum atomic E-state index is 0.275. The highest BCUT2D eigenvalue weighted by Crippen LogP contribution is 2.30. The Morgan fingerprint density at radius 2 is 1.70 bits per heavy atom. The number of aryl methyl sites for hydroxylation is 1. The highest BCUT2D eigenvalue weighted by molar-refractivity contribution is 6.11. The summed E-state index contributed by atoms with van der Waals surface area (Å²) in [5.41, 5.74) is 3.70. The maximum atomic E-state index is 4.63. The molecule has 2 aromatic carbocycles. The number of aromatic nitrogens is 3. The number of pyridine rings is 1. The molecule has 2 heterocycles. The van der Waals surface area contributed by atoms with Gasteiger partial charge in [-0.1, -0.05) is 51.1 Å². The van der Waals surface area contributed by atoms with Crippen molar-refractivity contribution in [3.8, 4) is 0 Å². The lowest BCUT2D eigenvalue weighted by molar-refractivity contribution is 0.411. The molecule has 0 aliphatic rings. The van der Waals surface area contributed by atoms with Crippen molar-refractivity contribution in [2.75, 3.05) is 0 Å². The van der Waals surface area contributed by atoms with Crippen LogP contribution in [0.4, 0.5) is 0 Å². The van der Waals surface area contributed by atoms with Crippen molar-refractivity contribution in [1.29, 1.82) is 0 Å². The fourth-order valence-electron chi connectivity index (χ4n) is 3.38. The van der Waals surface area contributed by atoms with Crippen LogP contribution in [-0.4, -0.2) is 14.6 Å². The molecule has 0 bridgehead atoms. The van der Waals surface area contributed by atoms with Crippen molar-refractivity contribution >= 4 is 27.3 Å². The molecular formula is C20H21N3. The van der Waals surface area contributed by atoms with E-state index in [4.69, 9.17) is 0 Å². The summed E-state index contributed by atoms with van der Waals surface area (Å²) in [6.07, 6.45) is 1.06. The van der Waals surface area contributed by atoms with Crippen LogP contribution in [0.3, 0.4) is 0 Å². The molecule has 0 saturated carbocycles. The minimum absolute atomic E-state index is 0.275. The summed E-state index contributed by atoms with van der Waals surface area (Å²) in [7, 11) is 0. The van der Waals surface area contributed by atoms with Gasteiger partial charge in [0, 0.05) is 10.8 Å². The fraction of sp³-hybridized carbons (Fsp3) is 0.300. The lowest BCUT2D eigenvalue weighted by atomic mass is 9.87. The van der Waals surface area contributed by atoms with E-state index in [1.807, 2.05) is 11.4 Å². The fourth-order valence-corrected chi connectivity index (χ4v) is 3.38. The Balaban J connectivity index is 2.12. The Bertz CT molecular complexity index is 1040. The summed E-state index contributed by atoms with van der Waals surface area (Å²) in [6, 6.07) is 15.2. The summed E-state index contributed by atoms with van der Waals surface area (Å²) < 4.78 is 1.98. The Labute approximate surface area is 136 Å². The third-order valence-electron chi connectivity index (χ3n) is 4.19. The van der Waals surface area contributed by atoms with E-state index in [-0.39, 0.29) is 5.41 Å². The SMILES string of the molecule is Cc1nc2c3ccccc3c3cc(CC(C)(C)C)ccc3n2n1. The molecule has 4 rings (SSSR count). The van der Waals surface area contributed by atoms with Crippen LogP contribution in [0.5, 0.6) is 0 Å². The average molecular weight is 303 g/mol. The lowest BCUT2D eigenvalue weighted by Crippen LogP contribution is -2.09. The number of rotatable bonds is 1. The van der Waals surface area contributed by atoms with Gasteiger partial charge in [0.15, 0.2) is 5.65 Å². The predicted octanol–water partition coefficient (Wildman–Crippen LogP) is 4.93. The summed E-state index contributed by atoms with van der Waals surface area (Å²) in [5.74, 6) is 0.807. The van der Waals surface area contributed by atoms with E-state index in [0.717, 1.165) is 28.8 Å². The van der Waals surface area contributed by atoms with Gasteiger partial charge in [0.25, 0.3) is 0 Å². The molecule has 0 aliphatic carbocycles. The second-order valence-electron chi connectivity index (χ2n) is 7.53. The van der Waals surface area contributed by atoms with E-state index in [0.29, 0.717) is 0 Å². The molecule has 0 amide bonds. The Kier molecular flexibility index (Phi) is 2.95. The zero-order valence-electron chi connectivity index (χ0n) is 14.1. The smallest absolute Gasteiger partial charge is 0.164 e. The Morgan fingerprint density at radius 1 is 0.957 bits per heavy atom. The van der Waals surface area contributed by atoms with Crippen LogP contribution in [0.1, 0.15) is 32.2 Å². The quantitative estimate of drug-likeness (QED) is 0.467. The van der Waals surface area contributed by atoms with Gasteiger partial charge in [-0.25, -0.2) is 9.50 Å². The number of fused-ring (bicyclic) bond motifs is 6. The Hall–Kier alpha value is -2.42. The van der Waals surface area contributed by atoms with E-state index >= 15 is 0 Å². The zero-order chi connectivity index (χ0) is 16.2. The van der Waals surface area contributed by atoms with Gasteiger partial charge < -0.3 is 0 Å². The number of nitrogens with zero attached hydrogens (tertiary/aromatic N) is 3. The van der Waals surface area contributed by atoms with Gasteiger partial charge in [-0.15, -0.1) is 0 Å². The van der Waals surface area contributed by atoms with Crippen LogP contribution in [0.2, 0.25) is 0 Å². The molecule has 3 heteroatoms. The number of benzene rings is 2. The summed E-state index contributed by atoms with van der Waals surface area (Å²) >= 11 is 0. The third kappa shape index (κ3) is 2.37. The molecule has 116 valence electrons. The number of hydrogen-bond acceptors (Lipinski definition) is 2. The van der Waals surface area contributed by atoms with Crippen molar-refractivity contribution < 1.29 is 0 Å². The maximum absolute atomic E-state index is 4.63. The first-order chi connectivity index (χ1) is 10.9. The van der Waals surface area contributed by atoms with Gasteiger partial charge in [-0.05, 0) is 41.8 Å². The van der Waals surface area contributed by atoms with Crippen LogP contribution >= 0.6 is 0 Å². The van der Waals surface area contributed by atoms with Gasteiger partial charge in [0.1, 0.15) is 5.82 Å². The van der Waals surface area contributed by atoms with Crippen LogP contribution in [0.25, 0.3) is 27.3 Å². The van der Waals surface area contributed by atoms with Crippen molar-refractivity contribution in [1.82, 2.24) is 14.6 Å². The molecule has 0 aliphatic heterocycles. The summed E-state index contributed by atoms with van der Waals surface area (Å²) in [5, 5.41) is 8.26. The molecule has 0 atom stereocenters. The van der Waals surface area contributed by atoms with Crippen molar-refractivity contribution in [2.24, 2.45) is 5.41 Å². The molecule has 4 aromatic rings. The van der Waals surface area contributed by atoms with Crippen LogP contribution in [0.15, 0.2) is 42.5 Å². The molecule has 0 fully saturated rings. The molecule has 0 radical (unpaired) electrons. The Morgan fingerprint density at radius 3 is 2.43 bits per heavy atom. The van der Waals surface area contributed by atoms with Gasteiger partial charge in [-0.2, -0.15) is 5.10 Å². The number of hydrogen-bond donors (Lipinski definition) is 0. The monoisotopic (exact) mass is 303 g/mol. The van der Waals surface area contributed by atoms with Crippen molar-refractivity contribution in [3.05, 3.63) is 53.9 Å². The average Bonchev–Trinajstić information content (AvgIpc) is 2.88. The second-order valence-corrected chi connectivity index (χ2v) is 7.53. The third-order valence-corrected chi connectivity index (χ3v) is 4.19. The first kappa shape index (κ1) is 14.2. The molecule has 23 heavy (non-hydrogen) atoms. The summed E-state index contributed by atoms with van der Waals surface area (Å²) in [6.45, 7) is 8.78. The van der Waals surface area contributed by atoms with E-state index in [1.54, 1.807) is 0 Å². The van der Waals surface area contributed by atoms with E-state index in [2.05, 4.69) is 73.3 Å². The largest absolute Gasteiger partial charge is 0.212 e. The predicted molar refractivity (Wildman–Crippen MR) is 95.9 cm³/mol. The van der Waals surface area contributed by atoms with Gasteiger partial charge in [0.2, 0.25) is 0 Å². The molecule has 2 aromatic heterocycles. The van der Waals surface area contributed by atoms with Crippen molar-refractivity contribution in [3.63, 3.8) is 0 Å². The molecule has 0 saturated heterocycles. The van der Waals surface area contributed by atoms with E-state index in [9.17, 15) is 0 Å². The maximum Gasteiger partial charge on any atom is 0.164 e. The molecular weight excluding hydrogens is 282 g/mol. The lowest BCUT2D eigenvalue weighted by Gasteiger charge is -2.18. The highest BCUT2D eigenvalue weighted by Gasteiger charge is 2.15. The molecule has 0 N–H and O–H groups in total. The topological polar surface area (TPSA) is 30.2 Å². The normalized spacial score (nSPS) is 12.5.